The van der Waals surface area contributed by atoms with E-state index in [9.17, 15) is 4.79 Å². The first kappa shape index (κ1) is 21.2. The highest BCUT2D eigenvalue weighted by Crippen LogP contribution is 2.27. The molecular weight excluding hydrogens is 364 g/mol. The third kappa shape index (κ3) is 5.97. The van der Waals surface area contributed by atoms with Crippen molar-refractivity contribution in [1.82, 2.24) is 10.2 Å². The molecule has 1 N–H and O–H groups in total. The fourth-order valence-electron chi connectivity index (χ4n) is 3.83. The van der Waals surface area contributed by atoms with Crippen molar-refractivity contribution >= 4 is 5.91 Å². The molecule has 5 heteroatoms. The lowest BCUT2D eigenvalue weighted by Gasteiger charge is -2.37. The lowest BCUT2D eigenvalue weighted by molar-refractivity contribution is -0.120. The van der Waals surface area contributed by atoms with E-state index in [0.717, 1.165) is 36.1 Å². The van der Waals surface area contributed by atoms with Crippen LogP contribution in [-0.4, -0.2) is 44.7 Å². The molecule has 2 aromatic carbocycles. The zero-order chi connectivity index (χ0) is 20.6. The van der Waals surface area contributed by atoms with Crippen LogP contribution in [0, 0.1) is 5.92 Å². The van der Waals surface area contributed by atoms with Gasteiger partial charge in [0.15, 0.2) is 0 Å². The molecule has 1 fully saturated rings. The van der Waals surface area contributed by atoms with Crippen molar-refractivity contribution in [3.8, 4) is 11.5 Å². The second-order valence-electron chi connectivity index (χ2n) is 7.84. The summed E-state index contributed by atoms with van der Waals surface area (Å²) in [6.07, 6.45) is 2.77. The largest absolute Gasteiger partial charge is 0.497 e. The number of ether oxygens (including phenoxy) is 2. The predicted octanol–water partition coefficient (Wildman–Crippen LogP) is 3.84. The summed E-state index contributed by atoms with van der Waals surface area (Å²) in [7, 11) is 3.32. The molecule has 2 aromatic rings. The number of amides is 1. The van der Waals surface area contributed by atoms with Gasteiger partial charge in [-0.15, -0.1) is 0 Å². The summed E-state index contributed by atoms with van der Waals surface area (Å²) < 4.78 is 10.5. The molecule has 0 spiro atoms. The van der Waals surface area contributed by atoms with Crippen LogP contribution in [0.5, 0.6) is 11.5 Å². The molecule has 5 nitrogen and oxygen atoms in total. The molecule has 3 rings (SSSR count). The predicted molar refractivity (Wildman–Crippen MR) is 115 cm³/mol. The Labute approximate surface area is 174 Å². The van der Waals surface area contributed by atoms with Gasteiger partial charge in [-0.05, 0) is 67.2 Å². The van der Waals surface area contributed by atoms with Crippen molar-refractivity contribution in [1.29, 1.82) is 0 Å². The number of nitrogens with zero attached hydrogens (tertiary/aromatic N) is 1. The number of likely N-dealkylation sites (tertiary alicyclic amines) is 1. The van der Waals surface area contributed by atoms with E-state index in [1.165, 1.54) is 18.4 Å². The molecule has 156 valence electrons. The zero-order valence-corrected chi connectivity index (χ0v) is 17.7. The minimum atomic E-state index is 0.0408. The Morgan fingerprint density at radius 1 is 1.00 bits per heavy atom. The summed E-state index contributed by atoms with van der Waals surface area (Å²) in [4.78, 5) is 15.1. The van der Waals surface area contributed by atoms with Gasteiger partial charge in [0, 0.05) is 6.54 Å². The Kier molecular flexibility index (Phi) is 7.53. The Balaban J connectivity index is 1.64. The summed E-state index contributed by atoms with van der Waals surface area (Å²) in [5.41, 5.74) is 2.20. The second kappa shape index (κ2) is 10.3. The van der Waals surface area contributed by atoms with E-state index in [0.29, 0.717) is 13.0 Å². The van der Waals surface area contributed by atoms with Gasteiger partial charge in [-0.1, -0.05) is 31.2 Å². The molecule has 1 amide bonds. The molecule has 1 aliphatic rings. The third-order valence-corrected chi connectivity index (χ3v) is 5.78. The number of hydrogen-bond donors (Lipinski definition) is 1. The summed E-state index contributed by atoms with van der Waals surface area (Å²) in [6.45, 7) is 5.05. The summed E-state index contributed by atoms with van der Waals surface area (Å²) in [6, 6.07) is 16.0. The van der Waals surface area contributed by atoms with E-state index < -0.39 is 0 Å². The first-order chi connectivity index (χ1) is 14.1. The standard InChI is InChI=1S/C24H32N2O3/c1-18-12-14-26(15-13-18)23(20-6-10-22(29-3)11-7-20)17-25-24(27)16-19-4-8-21(28-2)9-5-19/h4-11,18,23H,12-17H2,1-3H3,(H,25,27). The first-order valence-corrected chi connectivity index (χ1v) is 10.4. The highest BCUT2D eigenvalue weighted by atomic mass is 16.5. The Morgan fingerprint density at radius 2 is 1.55 bits per heavy atom. The van der Waals surface area contributed by atoms with Gasteiger partial charge in [-0.2, -0.15) is 0 Å². The lowest BCUT2D eigenvalue weighted by atomic mass is 9.95. The normalized spacial score (nSPS) is 16.2. The van der Waals surface area contributed by atoms with Gasteiger partial charge >= 0.3 is 0 Å². The molecular formula is C24H32N2O3. The second-order valence-corrected chi connectivity index (χ2v) is 7.84. The van der Waals surface area contributed by atoms with Crippen LogP contribution >= 0.6 is 0 Å². The lowest BCUT2D eigenvalue weighted by Crippen LogP contribution is -2.42. The van der Waals surface area contributed by atoms with Crippen molar-refractivity contribution in [2.45, 2.75) is 32.2 Å². The van der Waals surface area contributed by atoms with Crippen LogP contribution in [0.2, 0.25) is 0 Å². The van der Waals surface area contributed by atoms with Crippen LogP contribution < -0.4 is 14.8 Å². The molecule has 29 heavy (non-hydrogen) atoms. The van der Waals surface area contributed by atoms with Crippen molar-refractivity contribution in [3.05, 3.63) is 59.7 Å². The molecule has 0 bridgehead atoms. The van der Waals surface area contributed by atoms with Crippen LogP contribution in [0.3, 0.4) is 0 Å². The molecule has 0 aliphatic carbocycles. The Hall–Kier alpha value is -2.53. The van der Waals surface area contributed by atoms with Gasteiger partial charge in [0.1, 0.15) is 11.5 Å². The van der Waals surface area contributed by atoms with E-state index in [-0.39, 0.29) is 11.9 Å². The fourth-order valence-corrected chi connectivity index (χ4v) is 3.83. The van der Waals surface area contributed by atoms with E-state index in [1.807, 2.05) is 36.4 Å². The Bertz CT molecular complexity index is 766. The number of piperidine rings is 1. The maximum atomic E-state index is 12.6. The van der Waals surface area contributed by atoms with Gasteiger partial charge in [0.05, 0.1) is 26.7 Å². The van der Waals surface area contributed by atoms with Gasteiger partial charge in [-0.3, -0.25) is 9.69 Å². The van der Waals surface area contributed by atoms with E-state index in [4.69, 9.17) is 9.47 Å². The molecule has 1 atom stereocenters. The number of rotatable bonds is 8. The van der Waals surface area contributed by atoms with E-state index in [2.05, 4.69) is 29.3 Å². The minimum absolute atomic E-state index is 0.0408. The highest BCUT2D eigenvalue weighted by Gasteiger charge is 2.25. The molecule has 1 saturated heterocycles. The fraction of sp³-hybridized carbons (Fsp3) is 0.458. The number of carbonyl (C=O) groups is 1. The quantitative estimate of drug-likeness (QED) is 0.737. The third-order valence-electron chi connectivity index (χ3n) is 5.78. The highest BCUT2D eigenvalue weighted by molar-refractivity contribution is 5.78. The van der Waals surface area contributed by atoms with Crippen molar-refractivity contribution in [3.63, 3.8) is 0 Å². The van der Waals surface area contributed by atoms with Gasteiger partial charge in [-0.25, -0.2) is 0 Å². The number of carbonyl (C=O) groups excluding carboxylic acids is 1. The molecule has 0 saturated carbocycles. The maximum absolute atomic E-state index is 12.6. The first-order valence-electron chi connectivity index (χ1n) is 10.4. The maximum Gasteiger partial charge on any atom is 0.224 e. The SMILES string of the molecule is COc1ccc(CC(=O)NCC(c2ccc(OC)cc2)N2CCC(C)CC2)cc1. The van der Waals surface area contributed by atoms with Crippen molar-refractivity contribution in [2.75, 3.05) is 33.9 Å². The summed E-state index contributed by atoms with van der Waals surface area (Å²) in [5.74, 6) is 2.46. The van der Waals surface area contributed by atoms with E-state index >= 15 is 0 Å². The summed E-state index contributed by atoms with van der Waals surface area (Å²) >= 11 is 0. The number of methoxy groups -OCH3 is 2. The smallest absolute Gasteiger partial charge is 0.224 e. The van der Waals surface area contributed by atoms with Crippen LogP contribution in [0.1, 0.15) is 36.9 Å². The zero-order valence-electron chi connectivity index (χ0n) is 17.7. The number of nitrogens with one attached hydrogen (secondary N) is 1. The van der Waals surface area contributed by atoms with Crippen LogP contribution in [0.25, 0.3) is 0 Å². The van der Waals surface area contributed by atoms with Crippen molar-refractivity contribution < 1.29 is 14.3 Å². The molecule has 1 aliphatic heterocycles. The molecule has 0 radical (unpaired) electrons. The molecule has 1 unspecified atom stereocenters. The van der Waals surface area contributed by atoms with Crippen LogP contribution in [0.15, 0.2) is 48.5 Å². The monoisotopic (exact) mass is 396 g/mol. The summed E-state index contributed by atoms with van der Waals surface area (Å²) in [5, 5.41) is 3.15. The van der Waals surface area contributed by atoms with Crippen LogP contribution in [0.4, 0.5) is 0 Å². The number of hydrogen-bond acceptors (Lipinski definition) is 4. The molecule has 1 heterocycles. The van der Waals surface area contributed by atoms with Gasteiger partial charge < -0.3 is 14.8 Å². The van der Waals surface area contributed by atoms with Gasteiger partial charge in [0.25, 0.3) is 0 Å². The Morgan fingerprint density at radius 3 is 2.10 bits per heavy atom. The minimum Gasteiger partial charge on any atom is -0.497 e. The number of benzene rings is 2. The van der Waals surface area contributed by atoms with E-state index in [1.54, 1.807) is 14.2 Å². The topological polar surface area (TPSA) is 50.8 Å². The van der Waals surface area contributed by atoms with Crippen LogP contribution in [-0.2, 0) is 11.2 Å². The average Bonchev–Trinajstić information content (AvgIpc) is 2.76. The van der Waals surface area contributed by atoms with Crippen molar-refractivity contribution in [2.24, 2.45) is 5.92 Å². The molecule has 0 aromatic heterocycles. The average molecular weight is 397 g/mol. The van der Waals surface area contributed by atoms with Gasteiger partial charge in [0.2, 0.25) is 5.91 Å².